The summed E-state index contributed by atoms with van der Waals surface area (Å²) in [6.45, 7) is 7.78. The van der Waals surface area contributed by atoms with E-state index in [1.807, 2.05) is 25.1 Å². The number of hydrogen-bond donors (Lipinski definition) is 1. The highest BCUT2D eigenvalue weighted by Gasteiger charge is 2.40. The minimum Gasteiger partial charge on any atom is -0.497 e. The molecule has 1 fully saturated rings. The van der Waals surface area contributed by atoms with Crippen LogP contribution in [0.15, 0.2) is 41.4 Å². The maximum Gasteiger partial charge on any atom is 0.194 e. The molecule has 2 aromatic carbocycles. The Balaban J connectivity index is 1.80. The Morgan fingerprint density at radius 2 is 1.93 bits per heavy atom. The van der Waals surface area contributed by atoms with Crippen molar-refractivity contribution in [1.82, 2.24) is 10.2 Å². The van der Waals surface area contributed by atoms with E-state index >= 15 is 0 Å². The molecule has 7 heteroatoms. The second-order valence-electron chi connectivity index (χ2n) is 7.72. The van der Waals surface area contributed by atoms with Crippen molar-refractivity contribution in [3.8, 4) is 5.75 Å². The van der Waals surface area contributed by atoms with Crippen molar-refractivity contribution in [2.75, 3.05) is 32.5 Å². The minimum absolute atomic E-state index is 0.155. The summed E-state index contributed by atoms with van der Waals surface area (Å²) in [4.78, 5) is 6.83. The molecular formula is C21H29N3O3S. The molecule has 1 aliphatic heterocycles. The van der Waals surface area contributed by atoms with Crippen LogP contribution in [0.5, 0.6) is 5.75 Å². The summed E-state index contributed by atoms with van der Waals surface area (Å²) in [6.07, 6.45) is 0. The minimum atomic E-state index is -3.07. The van der Waals surface area contributed by atoms with Gasteiger partial charge in [0, 0.05) is 19.6 Å². The zero-order valence-corrected chi connectivity index (χ0v) is 17.8. The van der Waals surface area contributed by atoms with E-state index in [1.165, 1.54) is 0 Å². The van der Waals surface area contributed by atoms with Crippen LogP contribution in [-0.4, -0.2) is 56.5 Å². The first-order chi connectivity index (χ1) is 13.3. The summed E-state index contributed by atoms with van der Waals surface area (Å²) < 4.78 is 29.1. The number of aliphatic imine (C=N–C) groups is 1. The molecule has 0 aromatic heterocycles. The molecule has 1 N–H and O–H groups in total. The standard InChI is InChI=1S/C21H29N3O3S/c1-5-22-20(24-10-11-28(25,26)21(2,3)15-24)23-14-16-6-7-18-13-19(27-4)9-8-17(18)12-16/h6-9,12-13H,5,10-11,14-15H2,1-4H3,(H,22,23). The summed E-state index contributed by atoms with van der Waals surface area (Å²) in [5.74, 6) is 1.76. The Hall–Kier alpha value is -2.28. The summed E-state index contributed by atoms with van der Waals surface area (Å²) in [7, 11) is -1.41. The first-order valence-corrected chi connectivity index (χ1v) is 11.2. The number of hydrogen-bond acceptors (Lipinski definition) is 4. The van der Waals surface area contributed by atoms with Gasteiger partial charge >= 0.3 is 0 Å². The highest BCUT2D eigenvalue weighted by molar-refractivity contribution is 7.92. The Kier molecular flexibility index (Phi) is 5.84. The zero-order chi connectivity index (χ0) is 20.4. The molecule has 2 aromatic rings. The van der Waals surface area contributed by atoms with Crippen molar-refractivity contribution in [1.29, 1.82) is 0 Å². The SMILES string of the molecule is CCNC(=NCc1ccc2cc(OC)ccc2c1)N1CCS(=O)(=O)C(C)(C)C1. The second kappa shape index (κ2) is 7.99. The Morgan fingerprint density at radius 1 is 1.21 bits per heavy atom. The van der Waals surface area contributed by atoms with Crippen LogP contribution in [0.25, 0.3) is 10.8 Å². The van der Waals surface area contributed by atoms with Gasteiger partial charge in [-0.25, -0.2) is 13.4 Å². The Morgan fingerprint density at radius 3 is 2.61 bits per heavy atom. The van der Waals surface area contributed by atoms with Crippen molar-refractivity contribution < 1.29 is 13.2 Å². The number of benzene rings is 2. The van der Waals surface area contributed by atoms with Crippen LogP contribution in [-0.2, 0) is 16.4 Å². The highest BCUT2D eigenvalue weighted by atomic mass is 32.2. The normalized spacial score (nSPS) is 18.9. The number of nitrogens with zero attached hydrogens (tertiary/aromatic N) is 2. The summed E-state index contributed by atoms with van der Waals surface area (Å²) in [6, 6.07) is 12.3. The number of methoxy groups -OCH3 is 1. The van der Waals surface area contributed by atoms with Crippen molar-refractivity contribution in [3.05, 3.63) is 42.0 Å². The average molecular weight is 404 g/mol. The molecule has 0 spiro atoms. The lowest BCUT2D eigenvalue weighted by molar-refractivity contribution is 0.353. The molecule has 1 saturated heterocycles. The van der Waals surface area contributed by atoms with Gasteiger partial charge in [-0.2, -0.15) is 0 Å². The van der Waals surface area contributed by atoms with Crippen LogP contribution >= 0.6 is 0 Å². The molecule has 152 valence electrons. The van der Waals surface area contributed by atoms with Crippen LogP contribution in [0.1, 0.15) is 26.3 Å². The van der Waals surface area contributed by atoms with Gasteiger partial charge in [0.2, 0.25) is 0 Å². The van der Waals surface area contributed by atoms with E-state index in [2.05, 4.69) is 28.4 Å². The lowest BCUT2D eigenvalue weighted by Gasteiger charge is -2.39. The van der Waals surface area contributed by atoms with E-state index < -0.39 is 14.6 Å². The predicted octanol–water partition coefficient (Wildman–Crippen LogP) is 2.82. The molecule has 1 aliphatic rings. The summed E-state index contributed by atoms with van der Waals surface area (Å²) in [5, 5.41) is 5.57. The molecular weight excluding hydrogens is 374 g/mol. The van der Waals surface area contributed by atoms with Crippen molar-refractivity contribution in [2.24, 2.45) is 4.99 Å². The van der Waals surface area contributed by atoms with E-state index in [0.717, 1.165) is 34.6 Å². The zero-order valence-electron chi connectivity index (χ0n) is 17.0. The second-order valence-corrected chi connectivity index (χ2v) is 10.5. The van der Waals surface area contributed by atoms with Crippen molar-refractivity contribution in [2.45, 2.75) is 32.1 Å². The number of fused-ring (bicyclic) bond motifs is 1. The van der Waals surface area contributed by atoms with Crippen LogP contribution < -0.4 is 10.1 Å². The molecule has 0 bridgehead atoms. The monoisotopic (exact) mass is 403 g/mol. The van der Waals surface area contributed by atoms with Crippen LogP contribution in [0, 0.1) is 0 Å². The third kappa shape index (κ3) is 4.24. The number of ether oxygens (including phenoxy) is 1. The largest absolute Gasteiger partial charge is 0.497 e. The Labute approximate surface area is 167 Å². The molecule has 0 amide bonds. The summed E-state index contributed by atoms with van der Waals surface area (Å²) >= 11 is 0. The third-order valence-corrected chi connectivity index (χ3v) is 7.73. The van der Waals surface area contributed by atoms with E-state index in [4.69, 9.17) is 9.73 Å². The number of sulfone groups is 1. The Bertz CT molecular complexity index is 984. The van der Waals surface area contributed by atoms with E-state index in [0.29, 0.717) is 19.6 Å². The quantitative estimate of drug-likeness (QED) is 0.628. The van der Waals surface area contributed by atoms with Gasteiger partial charge in [-0.1, -0.05) is 18.2 Å². The molecule has 0 saturated carbocycles. The fraction of sp³-hybridized carbons (Fsp3) is 0.476. The van der Waals surface area contributed by atoms with Crippen molar-refractivity contribution >= 4 is 26.6 Å². The maximum atomic E-state index is 12.3. The predicted molar refractivity (Wildman–Crippen MR) is 115 cm³/mol. The number of rotatable bonds is 4. The smallest absolute Gasteiger partial charge is 0.194 e. The highest BCUT2D eigenvalue weighted by Crippen LogP contribution is 2.24. The van der Waals surface area contributed by atoms with Crippen molar-refractivity contribution in [3.63, 3.8) is 0 Å². The van der Waals surface area contributed by atoms with Crippen LogP contribution in [0.2, 0.25) is 0 Å². The molecule has 0 atom stereocenters. The number of nitrogens with one attached hydrogen (secondary N) is 1. The summed E-state index contributed by atoms with van der Waals surface area (Å²) in [5.41, 5.74) is 1.11. The lowest BCUT2D eigenvalue weighted by atomic mass is 10.1. The third-order valence-electron chi connectivity index (χ3n) is 5.20. The van der Waals surface area contributed by atoms with Gasteiger partial charge in [-0.15, -0.1) is 0 Å². The number of guanidine groups is 1. The van der Waals surface area contributed by atoms with Gasteiger partial charge in [0.25, 0.3) is 0 Å². The van der Waals surface area contributed by atoms with E-state index in [-0.39, 0.29) is 5.75 Å². The van der Waals surface area contributed by atoms with Gasteiger partial charge in [-0.3, -0.25) is 0 Å². The molecule has 1 heterocycles. The van der Waals surface area contributed by atoms with Gasteiger partial charge in [0.15, 0.2) is 15.8 Å². The molecule has 3 rings (SSSR count). The fourth-order valence-corrected chi connectivity index (χ4v) is 4.78. The molecule has 0 radical (unpaired) electrons. The fourth-order valence-electron chi connectivity index (χ4n) is 3.42. The van der Waals surface area contributed by atoms with E-state index in [1.54, 1.807) is 21.0 Å². The topological polar surface area (TPSA) is 71.0 Å². The molecule has 0 unspecified atom stereocenters. The first kappa shape index (κ1) is 20.5. The van der Waals surface area contributed by atoms with Gasteiger partial charge in [0.1, 0.15) is 5.75 Å². The molecule has 6 nitrogen and oxygen atoms in total. The molecule has 0 aliphatic carbocycles. The van der Waals surface area contributed by atoms with Gasteiger partial charge in [-0.05, 0) is 55.3 Å². The lowest BCUT2D eigenvalue weighted by Crippen LogP contribution is -2.57. The van der Waals surface area contributed by atoms with Crippen LogP contribution in [0.3, 0.4) is 0 Å². The van der Waals surface area contributed by atoms with Gasteiger partial charge < -0.3 is 15.0 Å². The van der Waals surface area contributed by atoms with Gasteiger partial charge in [0.05, 0.1) is 24.2 Å². The average Bonchev–Trinajstić information content (AvgIpc) is 2.66. The molecule has 28 heavy (non-hydrogen) atoms. The van der Waals surface area contributed by atoms with Crippen LogP contribution in [0.4, 0.5) is 0 Å². The van der Waals surface area contributed by atoms with E-state index in [9.17, 15) is 8.42 Å². The maximum absolute atomic E-state index is 12.3. The first-order valence-electron chi connectivity index (χ1n) is 9.58.